The van der Waals surface area contributed by atoms with Crippen LogP contribution < -0.4 is 15.4 Å². The Labute approximate surface area is 185 Å². The molecule has 0 unspecified atom stereocenters. The highest BCUT2D eigenvalue weighted by molar-refractivity contribution is 5.80. The van der Waals surface area contributed by atoms with Gasteiger partial charge in [-0.05, 0) is 12.1 Å². The fourth-order valence-electron chi connectivity index (χ4n) is 3.31. The number of aromatic nitrogens is 2. The van der Waals surface area contributed by atoms with Crippen LogP contribution in [0.3, 0.4) is 0 Å². The molecule has 1 fully saturated rings. The molecule has 1 aliphatic heterocycles. The Bertz CT molecular complexity index is 960. The second-order valence-corrected chi connectivity index (χ2v) is 7.56. The zero-order valence-electron chi connectivity index (χ0n) is 17.5. The molecule has 0 spiro atoms. The van der Waals surface area contributed by atoms with Gasteiger partial charge in [-0.25, -0.2) is 0 Å². The molecule has 33 heavy (non-hydrogen) atoms. The summed E-state index contributed by atoms with van der Waals surface area (Å²) in [6.07, 6.45) is -10.5. The number of ether oxygens (including phenoxy) is 2. The van der Waals surface area contributed by atoms with E-state index in [1.165, 1.54) is 18.2 Å². The Balaban J connectivity index is 1.71. The van der Waals surface area contributed by atoms with Crippen molar-refractivity contribution in [2.45, 2.75) is 32.4 Å². The van der Waals surface area contributed by atoms with E-state index in [9.17, 15) is 31.1 Å². The van der Waals surface area contributed by atoms with E-state index < -0.39 is 31.3 Å². The monoisotopic (exact) mass is 480 g/mol. The maximum absolute atomic E-state index is 12.7. The zero-order valence-corrected chi connectivity index (χ0v) is 17.5. The molecule has 13 heteroatoms. The zero-order chi connectivity index (χ0) is 24.2. The molecule has 0 saturated carbocycles. The van der Waals surface area contributed by atoms with E-state index in [0.29, 0.717) is 6.54 Å². The lowest BCUT2D eigenvalue weighted by atomic mass is 9.99. The van der Waals surface area contributed by atoms with Crippen LogP contribution in [0.4, 0.5) is 32.2 Å². The first-order valence-corrected chi connectivity index (χ1v) is 10.0. The molecule has 2 aromatic rings. The fourth-order valence-corrected chi connectivity index (χ4v) is 3.31. The van der Waals surface area contributed by atoms with Gasteiger partial charge < -0.3 is 20.1 Å². The highest BCUT2D eigenvalue weighted by atomic mass is 19.4. The number of carbonyl (C=O) groups is 1. The molecular weight excluding hydrogens is 458 g/mol. The van der Waals surface area contributed by atoms with Gasteiger partial charge in [0.15, 0.2) is 0 Å². The van der Waals surface area contributed by atoms with Crippen molar-refractivity contribution in [3.63, 3.8) is 0 Å². The fraction of sp³-hybridized carbons (Fsp3) is 0.500. The number of halogens is 6. The largest absolute Gasteiger partial charge is 0.573 e. The predicted molar refractivity (Wildman–Crippen MR) is 105 cm³/mol. The molecule has 0 aliphatic carbocycles. The topological polar surface area (TPSA) is 77.4 Å². The average Bonchev–Trinajstić information content (AvgIpc) is 3.26. The minimum Gasteiger partial charge on any atom is -0.406 e. The lowest BCUT2D eigenvalue weighted by molar-refractivity contribution is -0.274. The van der Waals surface area contributed by atoms with Crippen LogP contribution in [0.15, 0.2) is 30.3 Å². The quantitative estimate of drug-likeness (QED) is 0.320. The molecule has 1 aliphatic rings. The molecule has 0 radical (unpaired) electrons. The Morgan fingerprint density at radius 3 is 2.61 bits per heavy atom. The summed E-state index contributed by atoms with van der Waals surface area (Å²) >= 11 is 0. The highest BCUT2D eigenvalue weighted by Gasteiger charge is 2.32. The summed E-state index contributed by atoms with van der Waals surface area (Å²) in [4.78, 5) is 11.5. The molecular formula is C20H22F6N4O3. The van der Waals surface area contributed by atoms with Gasteiger partial charge in [0.2, 0.25) is 5.91 Å². The molecule has 7 nitrogen and oxygen atoms in total. The van der Waals surface area contributed by atoms with E-state index in [0.717, 1.165) is 16.8 Å². The van der Waals surface area contributed by atoms with E-state index in [1.807, 2.05) is 0 Å². The van der Waals surface area contributed by atoms with Gasteiger partial charge in [0.1, 0.15) is 18.3 Å². The smallest absolute Gasteiger partial charge is 0.406 e. The van der Waals surface area contributed by atoms with E-state index in [1.54, 1.807) is 6.92 Å². The second-order valence-electron chi connectivity index (χ2n) is 7.56. The molecule has 2 atom stereocenters. The number of amides is 1. The minimum atomic E-state index is -4.91. The number of alkyl halides is 6. The molecule has 1 saturated heterocycles. The van der Waals surface area contributed by atoms with Crippen molar-refractivity contribution in [1.29, 1.82) is 0 Å². The Morgan fingerprint density at radius 2 is 1.97 bits per heavy atom. The molecule has 182 valence electrons. The van der Waals surface area contributed by atoms with E-state index in [4.69, 9.17) is 4.74 Å². The van der Waals surface area contributed by atoms with Crippen LogP contribution in [-0.2, 0) is 16.1 Å². The number of benzene rings is 1. The number of nitrogens with zero attached hydrogens (tertiary/aromatic N) is 2. The Morgan fingerprint density at radius 1 is 1.21 bits per heavy atom. The SMILES string of the molecule is C[C@H]1C(=O)NC[C@@H]1COCNc1cc(-c2cccc(OC(F)(F)F)c2)n(CCC(F)(F)F)n1. The van der Waals surface area contributed by atoms with Gasteiger partial charge in [-0.15, -0.1) is 13.2 Å². The van der Waals surface area contributed by atoms with Crippen LogP contribution in [0.1, 0.15) is 13.3 Å². The Hall–Kier alpha value is -2.96. The van der Waals surface area contributed by atoms with E-state index in [-0.39, 0.29) is 48.2 Å². The number of hydrogen-bond acceptors (Lipinski definition) is 5. The van der Waals surface area contributed by atoms with Gasteiger partial charge in [0, 0.05) is 30.0 Å². The summed E-state index contributed by atoms with van der Waals surface area (Å²) in [6.45, 7) is 2.01. The molecule has 0 bridgehead atoms. The number of carbonyl (C=O) groups excluding carboxylic acids is 1. The third-order valence-corrected chi connectivity index (χ3v) is 5.10. The van der Waals surface area contributed by atoms with Gasteiger partial charge in [0.25, 0.3) is 0 Å². The first-order chi connectivity index (χ1) is 15.4. The van der Waals surface area contributed by atoms with Gasteiger partial charge in [-0.1, -0.05) is 19.1 Å². The summed E-state index contributed by atoms with van der Waals surface area (Å²) in [6, 6.07) is 6.31. The molecule has 1 aromatic carbocycles. The van der Waals surface area contributed by atoms with Crippen LogP contribution in [0, 0.1) is 11.8 Å². The normalized spacial score (nSPS) is 18.9. The van der Waals surface area contributed by atoms with Gasteiger partial charge in [0.05, 0.1) is 25.3 Å². The van der Waals surface area contributed by atoms with Crippen LogP contribution in [0.5, 0.6) is 5.75 Å². The van der Waals surface area contributed by atoms with Crippen molar-refractivity contribution in [2.24, 2.45) is 11.8 Å². The standard InChI is InChI=1S/C20H22F6N4O3/c1-12-14(9-27-18(12)31)10-32-11-28-17-8-16(30(29-17)6-5-19(21,22)23)13-3-2-4-15(7-13)33-20(24,25)26/h2-4,7-8,12,14H,5-6,9-11H2,1H3,(H,27,31)(H,28,29)/t12-,14-/m1/s1. The number of nitrogens with one attached hydrogen (secondary N) is 2. The second kappa shape index (κ2) is 9.89. The number of rotatable bonds is 9. The van der Waals surface area contributed by atoms with Crippen LogP contribution >= 0.6 is 0 Å². The predicted octanol–water partition coefficient (Wildman–Crippen LogP) is 4.17. The third-order valence-electron chi connectivity index (χ3n) is 5.10. The molecule has 1 amide bonds. The van der Waals surface area contributed by atoms with E-state index >= 15 is 0 Å². The summed E-state index contributed by atoms with van der Waals surface area (Å²) in [5, 5.41) is 9.63. The summed E-state index contributed by atoms with van der Waals surface area (Å²) in [5.41, 5.74) is 0.373. The van der Waals surface area contributed by atoms with Crippen LogP contribution in [0.2, 0.25) is 0 Å². The third kappa shape index (κ3) is 7.27. The van der Waals surface area contributed by atoms with E-state index in [2.05, 4.69) is 20.5 Å². The Kier molecular flexibility index (Phi) is 7.40. The van der Waals surface area contributed by atoms with Gasteiger partial charge in [-0.3, -0.25) is 9.48 Å². The summed E-state index contributed by atoms with van der Waals surface area (Å²) in [7, 11) is 0. The first-order valence-electron chi connectivity index (χ1n) is 10.0. The van der Waals surface area contributed by atoms with Gasteiger partial charge in [-0.2, -0.15) is 18.3 Å². The minimum absolute atomic E-state index is 0.00410. The van der Waals surface area contributed by atoms with Crippen molar-refractivity contribution in [2.75, 3.05) is 25.2 Å². The van der Waals surface area contributed by atoms with Crippen molar-refractivity contribution < 1.29 is 40.6 Å². The maximum Gasteiger partial charge on any atom is 0.573 e. The first kappa shape index (κ1) is 24.7. The van der Waals surface area contributed by atoms with Crippen molar-refractivity contribution in [3.8, 4) is 17.0 Å². The maximum atomic E-state index is 12.7. The molecule has 2 heterocycles. The molecule has 2 N–H and O–H groups in total. The summed E-state index contributed by atoms with van der Waals surface area (Å²) in [5.74, 6) is -0.570. The van der Waals surface area contributed by atoms with Crippen molar-refractivity contribution in [3.05, 3.63) is 30.3 Å². The highest BCUT2D eigenvalue weighted by Crippen LogP contribution is 2.30. The number of aryl methyl sites for hydroxylation is 1. The summed E-state index contributed by atoms with van der Waals surface area (Å²) < 4.78 is 86.3. The lowest BCUT2D eigenvalue weighted by Gasteiger charge is -2.13. The van der Waals surface area contributed by atoms with Crippen LogP contribution in [-0.4, -0.2) is 48.1 Å². The van der Waals surface area contributed by atoms with Crippen molar-refractivity contribution in [1.82, 2.24) is 15.1 Å². The number of anilines is 1. The molecule has 3 rings (SSSR count). The molecule has 1 aromatic heterocycles. The van der Waals surface area contributed by atoms with Gasteiger partial charge >= 0.3 is 12.5 Å². The lowest BCUT2D eigenvalue weighted by Crippen LogP contribution is -2.20. The number of hydrogen-bond donors (Lipinski definition) is 2. The average molecular weight is 480 g/mol. The van der Waals surface area contributed by atoms with Crippen LogP contribution in [0.25, 0.3) is 11.3 Å². The van der Waals surface area contributed by atoms with Crippen molar-refractivity contribution >= 4 is 11.7 Å².